The van der Waals surface area contributed by atoms with Gasteiger partial charge in [0.25, 0.3) is 0 Å². The third-order valence-corrected chi connectivity index (χ3v) is 5.27. The Balaban J connectivity index is 1.61. The van der Waals surface area contributed by atoms with Crippen molar-refractivity contribution in [1.29, 1.82) is 0 Å². The minimum absolute atomic E-state index is 0.0151. The third-order valence-electron chi connectivity index (χ3n) is 5.03. The molecule has 0 aliphatic carbocycles. The van der Waals surface area contributed by atoms with Gasteiger partial charge in [0.2, 0.25) is 0 Å². The molecule has 3 rings (SSSR count). The Labute approximate surface area is 160 Å². The molecule has 1 saturated heterocycles. The van der Waals surface area contributed by atoms with E-state index in [0.29, 0.717) is 0 Å². The predicted molar refractivity (Wildman–Crippen MR) is 107 cm³/mol. The fourth-order valence-corrected chi connectivity index (χ4v) is 3.63. The van der Waals surface area contributed by atoms with E-state index >= 15 is 0 Å². The number of nitrogens with zero attached hydrogens (tertiary/aromatic N) is 2. The van der Waals surface area contributed by atoms with Crippen molar-refractivity contribution >= 4 is 17.6 Å². The van der Waals surface area contributed by atoms with Crippen LogP contribution in [0.4, 0.5) is 0 Å². The minimum Gasteiger partial charge on any atom is -0.381 e. The first kappa shape index (κ1) is 18.8. The van der Waals surface area contributed by atoms with Crippen LogP contribution < -0.4 is 10.6 Å². The monoisotopic (exact) mass is 374 g/mol. The zero-order valence-corrected chi connectivity index (χ0v) is 16.0. The van der Waals surface area contributed by atoms with E-state index in [1.54, 1.807) is 7.05 Å². The van der Waals surface area contributed by atoms with Crippen LogP contribution in [-0.4, -0.2) is 43.9 Å². The summed E-state index contributed by atoms with van der Waals surface area (Å²) in [4.78, 5) is 4.36. The van der Waals surface area contributed by atoms with Gasteiger partial charge in [0.05, 0.1) is 0 Å². The second kappa shape index (κ2) is 9.10. The number of aromatic nitrogens is 1. The summed E-state index contributed by atoms with van der Waals surface area (Å²) in [5.41, 5.74) is 1.28. The van der Waals surface area contributed by atoms with E-state index in [1.165, 1.54) is 5.56 Å². The molecule has 2 N–H and O–H groups in total. The van der Waals surface area contributed by atoms with Crippen molar-refractivity contribution in [2.24, 2.45) is 4.99 Å². The van der Waals surface area contributed by atoms with E-state index in [4.69, 9.17) is 16.3 Å². The molecule has 0 atom stereocenters. The van der Waals surface area contributed by atoms with E-state index in [2.05, 4.69) is 44.7 Å². The number of hydrogen-bond acceptors (Lipinski definition) is 2. The quantitative estimate of drug-likeness (QED) is 0.603. The highest BCUT2D eigenvalue weighted by atomic mass is 35.5. The van der Waals surface area contributed by atoms with E-state index < -0.39 is 0 Å². The van der Waals surface area contributed by atoms with Crippen LogP contribution in [-0.2, 0) is 16.7 Å². The summed E-state index contributed by atoms with van der Waals surface area (Å²) in [6, 6.07) is 12.3. The van der Waals surface area contributed by atoms with Gasteiger partial charge in [-0.1, -0.05) is 23.7 Å². The Morgan fingerprint density at radius 2 is 1.96 bits per heavy atom. The summed E-state index contributed by atoms with van der Waals surface area (Å²) in [6.45, 7) is 4.07. The van der Waals surface area contributed by atoms with Crippen molar-refractivity contribution in [2.75, 3.05) is 33.4 Å². The Morgan fingerprint density at radius 3 is 2.65 bits per heavy atom. The summed E-state index contributed by atoms with van der Waals surface area (Å²) >= 11 is 6.24. The van der Waals surface area contributed by atoms with Gasteiger partial charge in [0, 0.05) is 62.7 Å². The predicted octanol–water partition coefficient (Wildman–Crippen LogP) is 3.05. The van der Waals surface area contributed by atoms with Gasteiger partial charge in [-0.05, 0) is 42.7 Å². The number of aliphatic imine (C=N–C) groups is 1. The van der Waals surface area contributed by atoms with Crippen molar-refractivity contribution in [3.63, 3.8) is 0 Å². The molecule has 0 unspecified atom stereocenters. The topological polar surface area (TPSA) is 50.6 Å². The Hall–Kier alpha value is -1.98. The number of hydrogen-bond donors (Lipinski definition) is 2. The lowest BCUT2D eigenvalue weighted by molar-refractivity contribution is 0.0514. The van der Waals surface area contributed by atoms with Crippen LogP contribution >= 0.6 is 11.6 Å². The maximum Gasteiger partial charge on any atom is 0.191 e. The van der Waals surface area contributed by atoms with Crippen LogP contribution in [0.3, 0.4) is 0 Å². The molecule has 0 spiro atoms. The first-order valence-corrected chi connectivity index (χ1v) is 9.49. The van der Waals surface area contributed by atoms with Gasteiger partial charge in [-0.25, -0.2) is 0 Å². The number of ether oxygens (including phenoxy) is 1. The Morgan fingerprint density at radius 1 is 1.19 bits per heavy atom. The molecule has 140 valence electrons. The fourth-order valence-electron chi connectivity index (χ4n) is 3.44. The highest BCUT2D eigenvalue weighted by Gasteiger charge is 2.34. The summed E-state index contributed by atoms with van der Waals surface area (Å²) in [5, 5.41) is 7.68. The fraction of sp³-hybridized carbons (Fsp3) is 0.450. The normalized spacial score (nSPS) is 17.1. The van der Waals surface area contributed by atoms with E-state index in [1.807, 2.05) is 24.3 Å². The van der Waals surface area contributed by atoms with Gasteiger partial charge in [-0.3, -0.25) is 4.99 Å². The standard InChI is InChI=1S/C20H27ClN4O/c1-22-19(23-9-12-25-10-2-3-11-25)24-16-20(7-13-26-14-8-20)17-5-4-6-18(21)15-17/h2-6,10-11,15H,7-9,12-14,16H2,1H3,(H2,22,23,24). The lowest BCUT2D eigenvalue weighted by atomic mass is 9.74. The molecule has 0 bridgehead atoms. The van der Waals surface area contributed by atoms with Crippen molar-refractivity contribution in [3.05, 3.63) is 59.4 Å². The molecule has 5 nitrogen and oxygen atoms in total. The molecule has 1 aliphatic rings. The zero-order chi connectivity index (χ0) is 18.2. The van der Waals surface area contributed by atoms with E-state index in [9.17, 15) is 0 Å². The highest BCUT2D eigenvalue weighted by Crippen LogP contribution is 2.35. The lowest BCUT2D eigenvalue weighted by Gasteiger charge is -2.38. The van der Waals surface area contributed by atoms with Crippen LogP contribution in [0, 0.1) is 0 Å². The zero-order valence-electron chi connectivity index (χ0n) is 15.2. The maximum absolute atomic E-state index is 6.24. The average molecular weight is 375 g/mol. The number of benzene rings is 1. The van der Waals surface area contributed by atoms with Gasteiger partial charge in [-0.2, -0.15) is 0 Å². The van der Waals surface area contributed by atoms with Crippen molar-refractivity contribution in [3.8, 4) is 0 Å². The van der Waals surface area contributed by atoms with Gasteiger partial charge in [0.15, 0.2) is 5.96 Å². The molecule has 0 radical (unpaired) electrons. The molecule has 1 fully saturated rings. The molecule has 1 aliphatic heterocycles. The lowest BCUT2D eigenvalue weighted by Crippen LogP contribution is -2.48. The molecular weight excluding hydrogens is 348 g/mol. The van der Waals surface area contributed by atoms with Gasteiger partial charge in [-0.15, -0.1) is 0 Å². The smallest absolute Gasteiger partial charge is 0.191 e. The van der Waals surface area contributed by atoms with E-state index in [0.717, 1.165) is 56.7 Å². The van der Waals surface area contributed by atoms with E-state index in [-0.39, 0.29) is 5.41 Å². The SMILES string of the molecule is CN=C(NCCn1cccc1)NCC1(c2cccc(Cl)c2)CCOCC1. The summed E-state index contributed by atoms with van der Waals surface area (Å²) < 4.78 is 7.75. The molecule has 2 aromatic rings. The van der Waals surface area contributed by atoms with Crippen LogP contribution in [0.25, 0.3) is 0 Å². The molecular formula is C20H27ClN4O. The molecule has 6 heteroatoms. The third kappa shape index (κ3) is 4.80. The first-order chi connectivity index (χ1) is 12.7. The summed E-state index contributed by atoms with van der Waals surface area (Å²) in [7, 11) is 1.81. The number of rotatable bonds is 6. The number of halogens is 1. The van der Waals surface area contributed by atoms with Crippen LogP contribution in [0.5, 0.6) is 0 Å². The van der Waals surface area contributed by atoms with Crippen LogP contribution in [0.2, 0.25) is 5.02 Å². The average Bonchev–Trinajstić information content (AvgIpc) is 3.19. The minimum atomic E-state index is 0.0151. The molecule has 1 aromatic heterocycles. The molecule has 0 saturated carbocycles. The maximum atomic E-state index is 6.24. The van der Waals surface area contributed by atoms with Gasteiger partial charge >= 0.3 is 0 Å². The van der Waals surface area contributed by atoms with Crippen molar-refractivity contribution < 1.29 is 4.74 Å². The molecule has 26 heavy (non-hydrogen) atoms. The largest absolute Gasteiger partial charge is 0.381 e. The first-order valence-electron chi connectivity index (χ1n) is 9.11. The number of guanidine groups is 1. The van der Waals surface area contributed by atoms with Crippen LogP contribution in [0.1, 0.15) is 18.4 Å². The van der Waals surface area contributed by atoms with Gasteiger partial charge in [0.1, 0.15) is 0 Å². The Kier molecular flexibility index (Phi) is 6.58. The Bertz CT molecular complexity index is 708. The van der Waals surface area contributed by atoms with Crippen LogP contribution in [0.15, 0.2) is 53.8 Å². The number of nitrogens with one attached hydrogen (secondary N) is 2. The van der Waals surface area contributed by atoms with Crippen molar-refractivity contribution in [1.82, 2.24) is 15.2 Å². The highest BCUT2D eigenvalue weighted by molar-refractivity contribution is 6.30. The second-order valence-electron chi connectivity index (χ2n) is 6.68. The molecule has 0 amide bonds. The summed E-state index contributed by atoms with van der Waals surface area (Å²) in [5.74, 6) is 0.824. The molecule has 1 aromatic carbocycles. The molecule has 2 heterocycles. The summed E-state index contributed by atoms with van der Waals surface area (Å²) in [6.07, 6.45) is 6.07. The van der Waals surface area contributed by atoms with Crippen molar-refractivity contribution in [2.45, 2.75) is 24.8 Å². The second-order valence-corrected chi connectivity index (χ2v) is 7.11. The van der Waals surface area contributed by atoms with Gasteiger partial charge < -0.3 is 19.9 Å².